The molecular weight excluding hydrogens is 448 g/mol. The van der Waals surface area contributed by atoms with Crippen LogP contribution in [0.1, 0.15) is 16.8 Å². The number of rotatable bonds is 7. The molecule has 0 aromatic heterocycles. The molecular formula is C22H35ClN6O4. The predicted molar refractivity (Wildman–Crippen MR) is 128 cm³/mol. The van der Waals surface area contributed by atoms with E-state index in [1.54, 1.807) is 13.2 Å². The fraction of sp³-hybridized carbons (Fsp3) is 0.636. The van der Waals surface area contributed by atoms with Crippen molar-refractivity contribution in [2.75, 3.05) is 79.4 Å². The number of benzene rings is 1. The molecule has 4 N–H and O–H groups in total. The molecule has 2 atom stereocenters. The van der Waals surface area contributed by atoms with E-state index in [1.807, 2.05) is 4.90 Å². The van der Waals surface area contributed by atoms with Gasteiger partial charge in [0.25, 0.3) is 5.91 Å². The van der Waals surface area contributed by atoms with Crippen LogP contribution in [0.4, 0.5) is 10.5 Å². The third-order valence-corrected chi connectivity index (χ3v) is 6.65. The van der Waals surface area contributed by atoms with Crippen LogP contribution in [-0.2, 0) is 4.74 Å². The predicted octanol–water partition coefficient (Wildman–Crippen LogP) is 0.707. The Hall–Kier alpha value is -2.27. The number of piperazine rings is 1. The summed E-state index contributed by atoms with van der Waals surface area (Å²) >= 11 is 6.10. The quantitative estimate of drug-likeness (QED) is 0.490. The summed E-state index contributed by atoms with van der Waals surface area (Å²) in [6.45, 7) is 6.04. The number of hydrogen-bond donors (Lipinski definition) is 3. The summed E-state index contributed by atoms with van der Waals surface area (Å²) in [5.74, 6) is 0.0885. The summed E-state index contributed by atoms with van der Waals surface area (Å²) in [5.41, 5.74) is 6.50. The Balaban J connectivity index is 1.48. The van der Waals surface area contributed by atoms with Gasteiger partial charge in [0.2, 0.25) is 0 Å². The molecule has 0 saturated carbocycles. The topological polar surface area (TPSA) is 112 Å². The molecule has 184 valence electrons. The number of nitrogens with zero attached hydrogens (tertiary/aromatic N) is 3. The van der Waals surface area contributed by atoms with Crippen LogP contribution in [0.3, 0.4) is 0 Å². The zero-order valence-electron chi connectivity index (χ0n) is 19.6. The summed E-state index contributed by atoms with van der Waals surface area (Å²) in [6, 6.07) is 2.90. The lowest BCUT2D eigenvalue weighted by atomic mass is 10.0. The number of urea groups is 1. The number of nitrogens with two attached hydrogens (primary N) is 1. The molecule has 3 rings (SSSR count). The summed E-state index contributed by atoms with van der Waals surface area (Å²) < 4.78 is 11.0. The molecule has 11 heteroatoms. The number of likely N-dealkylation sites (tertiary alicyclic amines) is 1. The van der Waals surface area contributed by atoms with E-state index in [0.717, 1.165) is 45.7 Å². The van der Waals surface area contributed by atoms with E-state index in [4.69, 9.17) is 26.8 Å². The highest BCUT2D eigenvalue weighted by Gasteiger charge is 2.31. The molecule has 33 heavy (non-hydrogen) atoms. The molecule has 0 spiro atoms. The number of likely N-dealkylation sites (N-methyl/N-ethyl adjacent to an activating group) is 1. The van der Waals surface area contributed by atoms with Crippen molar-refractivity contribution in [3.05, 3.63) is 22.7 Å². The highest BCUT2D eigenvalue weighted by atomic mass is 35.5. The summed E-state index contributed by atoms with van der Waals surface area (Å²) in [7, 11) is 5.19. The standard InChI is InChI=1S/C22H35ClN6O4/c1-27-8-10-29(11-9-27)22(31)25-5-7-28-6-4-18(20(14-28)33-3)26-21(30)15-12-16(23)17(24)13-19(15)32-2/h12-13,18,20H,4-11,14,24H2,1-3H3,(H,25,31)(H,26,30). The number of carbonyl (C=O) groups excluding carboxylic acids is 2. The number of nitrogen functional groups attached to an aromatic ring is 1. The lowest BCUT2D eigenvalue weighted by Crippen LogP contribution is -2.56. The van der Waals surface area contributed by atoms with Crippen molar-refractivity contribution in [2.45, 2.75) is 18.6 Å². The number of anilines is 1. The lowest BCUT2D eigenvalue weighted by molar-refractivity contribution is 0.00686. The first-order chi connectivity index (χ1) is 15.8. The van der Waals surface area contributed by atoms with Crippen molar-refractivity contribution in [2.24, 2.45) is 0 Å². The molecule has 2 aliphatic heterocycles. The molecule has 2 unspecified atom stereocenters. The zero-order chi connectivity index (χ0) is 24.0. The van der Waals surface area contributed by atoms with Crippen molar-refractivity contribution in [1.29, 1.82) is 0 Å². The van der Waals surface area contributed by atoms with Crippen LogP contribution in [0, 0.1) is 0 Å². The largest absolute Gasteiger partial charge is 0.496 e. The van der Waals surface area contributed by atoms with Crippen molar-refractivity contribution in [3.63, 3.8) is 0 Å². The van der Waals surface area contributed by atoms with Crippen LogP contribution in [0.2, 0.25) is 5.02 Å². The van der Waals surface area contributed by atoms with Crippen LogP contribution < -0.4 is 21.1 Å². The van der Waals surface area contributed by atoms with Crippen LogP contribution >= 0.6 is 11.6 Å². The molecule has 2 fully saturated rings. The minimum absolute atomic E-state index is 0.00959. The van der Waals surface area contributed by atoms with Gasteiger partial charge < -0.3 is 35.6 Å². The number of halogens is 1. The van der Waals surface area contributed by atoms with Crippen molar-refractivity contribution < 1.29 is 19.1 Å². The second-order valence-corrected chi connectivity index (χ2v) is 8.95. The van der Waals surface area contributed by atoms with E-state index >= 15 is 0 Å². The monoisotopic (exact) mass is 482 g/mol. The summed E-state index contributed by atoms with van der Waals surface area (Å²) in [5, 5.41) is 6.37. The minimum atomic E-state index is -0.284. The maximum absolute atomic E-state index is 12.9. The minimum Gasteiger partial charge on any atom is -0.496 e. The van der Waals surface area contributed by atoms with Crippen molar-refractivity contribution in [3.8, 4) is 5.75 Å². The number of amides is 3. The number of carbonyl (C=O) groups is 2. The second-order valence-electron chi connectivity index (χ2n) is 8.54. The number of methoxy groups -OCH3 is 2. The second kappa shape index (κ2) is 11.7. The molecule has 1 aromatic carbocycles. The highest BCUT2D eigenvalue weighted by molar-refractivity contribution is 6.33. The average Bonchev–Trinajstić information content (AvgIpc) is 2.81. The van der Waals surface area contributed by atoms with Gasteiger partial charge in [-0.15, -0.1) is 0 Å². The van der Waals surface area contributed by atoms with E-state index in [-0.39, 0.29) is 24.1 Å². The summed E-state index contributed by atoms with van der Waals surface area (Å²) in [6.07, 6.45) is 0.549. The Kier molecular flexibility index (Phi) is 9.02. The van der Waals surface area contributed by atoms with Crippen LogP contribution in [0.15, 0.2) is 12.1 Å². The van der Waals surface area contributed by atoms with E-state index < -0.39 is 0 Å². The SMILES string of the molecule is COc1cc(N)c(Cl)cc1C(=O)NC1CCN(CCNC(=O)N2CCN(C)CC2)CC1OC. The number of piperidine rings is 1. The first kappa shape index (κ1) is 25.4. The Morgan fingerprint density at radius 2 is 1.91 bits per heavy atom. The Morgan fingerprint density at radius 1 is 1.18 bits per heavy atom. The molecule has 0 radical (unpaired) electrons. The first-order valence-electron chi connectivity index (χ1n) is 11.2. The van der Waals surface area contributed by atoms with E-state index in [2.05, 4.69) is 27.5 Å². The van der Waals surface area contributed by atoms with Gasteiger partial charge in [0.15, 0.2) is 0 Å². The molecule has 2 heterocycles. The maximum Gasteiger partial charge on any atom is 0.317 e. The van der Waals surface area contributed by atoms with Gasteiger partial charge in [0.1, 0.15) is 5.75 Å². The molecule has 0 aliphatic carbocycles. The van der Waals surface area contributed by atoms with Crippen LogP contribution in [0.5, 0.6) is 5.75 Å². The van der Waals surface area contributed by atoms with Crippen LogP contribution in [0.25, 0.3) is 0 Å². The number of ether oxygens (including phenoxy) is 2. The third kappa shape index (κ3) is 6.63. The van der Waals surface area contributed by atoms with E-state index in [9.17, 15) is 9.59 Å². The number of nitrogens with one attached hydrogen (secondary N) is 2. The van der Waals surface area contributed by atoms with E-state index in [0.29, 0.717) is 35.1 Å². The Bertz CT molecular complexity index is 833. The van der Waals surface area contributed by atoms with Crippen LogP contribution in [-0.4, -0.2) is 112 Å². The smallest absolute Gasteiger partial charge is 0.317 e. The number of hydrogen-bond acceptors (Lipinski definition) is 7. The molecule has 2 saturated heterocycles. The van der Waals surface area contributed by atoms with Crippen molar-refractivity contribution in [1.82, 2.24) is 25.3 Å². The third-order valence-electron chi connectivity index (χ3n) is 6.32. The van der Waals surface area contributed by atoms with E-state index in [1.165, 1.54) is 13.2 Å². The molecule has 0 bridgehead atoms. The molecule has 1 aromatic rings. The Labute approximate surface area is 200 Å². The zero-order valence-corrected chi connectivity index (χ0v) is 20.4. The van der Waals surface area contributed by atoms with Gasteiger partial charge in [-0.2, -0.15) is 0 Å². The molecule has 3 amide bonds. The van der Waals surface area contributed by atoms with Gasteiger partial charge in [-0.3, -0.25) is 9.69 Å². The summed E-state index contributed by atoms with van der Waals surface area (Å²) in [4.78, 5) is 31.6. The lowest BCUT2D eigenvalue weighted by Gasteiger charge is -2.38. The van der Waals surface area contributed by atoms with Gasteiger partial charge in [0.05, 0.1) is 35.5 Å². The molecule has 2 aliphatic rings. The Morgan fingerprint density at radius 3 is 2.58 bits per heavy atom. The fourth-order valence-corrected chi connectivity index (χ4v) is 4.36. The van der Waals surface area contributed by atoms with Gasteiger partial charge in [-0.05, 0) is 19.5 Å². The van der Waals surface area contributed by atoms with Gasteiger partial charge in [-0.25, -0.2) is 4.79 Å². The van der Waals surface area contributed by atoms with Gasteiger partial charge in [-0.1, -0.05) is 11.6 Å². The molecule has 10 nitrogen and oxygen atoms in total. The normalized spacial score (nSPS) is 22.1. The highest BCUT2D eigenvalue weighted by Crippen LogP contribution is 2.29. The van der Waals surface area contributed by atoms with Gasteiger partial charge >= 0.3 is 6.03 Å². The fourth-order valence-electron chi connectivity index (χ4n) is 4.19. The van der Waals surface area contributed by atoms with Gasteiger partial charge in [0, 0.05) is 65.5 Å². The van der Waals surface area contributed by atoms with Crippen molar-refractivity contribution >= 4 is 29.2 Å². The average molecular weight is 483 g/mol. The maximum atomic E-state index is 12.9. The first-order valence-corrected chi connectivity index (χ1v) is 11.6.